The first-order chi connectivity index (χ1) is 29.5. The minimum Gasteiger partial charge on any atom is -0.457 e. The number of fused-ring (bicyclic) bond motifs is 12. The van der Waals surface area contributed by atoms with Crippen LogP contribution in [0.5, 0.6) is 11.5 Å². The van der Waals surface area contributed by atoms with E-state index in [2.05, 4.69) is 231 Å². The van der Waals surface area contributed by atoms with Gasteiger partial charge in [0.15, 0.2) is 0 Å². The highest BCUT2D eigenvalue weighted by atomic mass is 16.5. The number of rotatable bonds is 5. The maximum absolute atomic E-state index is 6.56. The second kappa shape index (κ2) is 13.0. The second-order valence-electron chi connectivity index (χ2n) is 16.8. The highest BCUT2D eigenvalue weighted by molar-refractivity contribution is 5.93. The van der Waals surface area contributed by atoms with E-state index in [1.54, 1.807) is 0 Å². The summed E-state index contributed by atoms with van der Waals surface area (Å²) in [5.41, 5.74) is 20.4. The van der Waals surface area contributed by atoms with Crippen LogP contribution in [0, 0.1) is 0 Å². The van der Waals surface area contributed by atoms with E-state index in [1.807, 2.05) is 0 Å². The van der Waals surface area contributed by atoms with Gasteiger partial charge in [-0.2, -0.15) is 0 Å². The summed E-state index contributed by atoms with van der Waals surface area (Å²) in [6.07, 6.45) is 0. The molecule has 284 valence electrons. The molecule has 0 unspecified atom stereocenters. The monoisotopic (exact) mass is 767 g/mol. The predicted octanol–water partition coefficient (Wildman–Crippen LogP) is 15.3. The van der Waals surface area contributed by atoms with Crippen LogP contribution in [-0.2, 0) is 10.8 Å². The molecule has 0 N–H and O–H groups in total. The van der Waals surface area contributed by atoms with E-state index in [-0.39, 0.29) is 5.41 Å². The van der Waals surface area contributed by atoms with Crippen molar-refractivity contribution in [3.05, 3.63) is 246 Å². The van der Waals surface area contributed by atoms with Gasteiger partial charge in [0.1, 0.15) is 11.5 Å². The number of hydrogen-bond donors (Lipinski definition) is 0. The first-order valence-electron chi connectivity index (χ1n) is 20.9. The normalized spacial score (nSPS) is 14.2. The van der Waals surface area contributed by atoms with Crippen LogP contribution in [-0.4, -0.2) is 0 Å². The molecule has 0 amide bonds. The first kappa shape index (κ1) is 34.6. The van der Waals surface area contributed by atoms with Crippen LogP contribution in [0.2, 0.25) is 0 Å². The first-order valence-corrected chi connectivity index (χ1v) is 20.9. The maximum Gasteiger partial charge on any atom is 0.132 e. The lowest BCUT2D eigenvalue weighted by molar-refractivity contribution is 0.436. The summed E-state index contributed by atoms with van der Waals surface area (Å²) in [6, 6.07) is 77.7. The Labute approximate surface area is 351 Å². The quantitative estimate of drug-likeness (QED) is 0.173. The summed E-state index contributed by atoms with van der Waals surface area (Å²) >= 11 is 0. The second-order valence-corrected chi connectivity index (χ2v) is 16.8. The van der Waals surface area contributed by atoms with Gasteiger partial charge in [0.2, 0.25) is 0 Å². The Morgan fingerprint density at radius 3 is 1.57 bits per heavy atom. The van der Waals surface area contributed by atoms with E-state index in [0.717, 1.165) is 28.6 Å². The lowest BCUT2D eigenvalue weighted by atomic mass is 9.66. The molecule has 1 spiro atoms. The Kier molecular flexibility index (Phi) is 7.52. The Morgan fingerprint density at radius 2 is 0.850 bits per heavy atom. The van der Waals surface area contributed by atoms with Gasteiger partial charge in [-0.25, -0.2) is 0 Å². The van der Waals surface area contributed by atoms with Crippen molar-refractivity contribution in [2.75, 3.05) is 4.90 Å². The van der Waals surface area contributed by atoms with Crippen molar-refractivity contribution >= 4 is 17.1 Å². The Morgan fingerprint density at radius 1 is 0.333 bits per heavy atom. The average molecular weight is 768 g/mol. The van der Waals surface area contributed by atoms with E-state index in [0.29, 0.717) is 0 Å². The van der Waals surface area contributed by atoms with Crippen LogP contribution in [0.15, 0.2) is 212 Å². The van der Waals surface area contributed by atoms with Crippen LogP contribution in [0.4, 0.5) is 17.1 Å². The molecular weight excluding hydrogens is 727 g/mol. The molecule has 2 heteroatoms. The number of ether oxygens (including phenoxy) is 1. The molecule has 2 aliphatic carbocycles. The molecule has 2 nitrogen and oxygen atoms in total. The van der Waals surface area contributed by atoms with Gasteiger partial charge in [-0.05, 0) is 110 Å². The lowest BCUT2D eigenvalue weighted by Crippen LogP contribution is -2.32. The molecule has 0 fully saturated rings. The van der Waals surface area contributed by atoms with Crippen molar-refractivity contribution in [2.45, 2.75) is 24.7 Å². The number of benzene rings is 9. The van der Waals surface area contributed by atoms with Crippen molar-refractivity contribution in [3.63, 3.8) is 0 Å². The average Bonchev–Trinajstić information content (AvgIpc) is 3.72. The third-order valence-electron chi connectivity index (χ3n) is 13.4. The van der Waals surface area contributed by atoms with Crippen LogP contribution >= 0.6 is 0 Å². The van der Waals surface area contributed by atoms with E-state index in [4.69, 9.17) is 4.74 Å². The molecule has 0 saturated carbocycles. The van der Waals surface area contributed by atoms with E-state index in [1.165, 1.54) is 77.9 Å². The topological polar surface area (TPSA) is 12.5 Å². The summed E-state index contributed by atoms with van der Waals surface area (Å²) in [6.45, 7) is 4.71. The molecule has 12 rings (SSSR count). The molecule has 0 bridgehead atoms. The van der Waals surface area contributed by atoms with Crippen LogP contribution in [0.25, 0.3) is 44.5 Å². The van der Waals surface area contributed by atoms with Gasteiger partial charge in [0.25, 0.3) is 0 Å². The molecule has 0 radical (unpaired) electrons. The number of hydrogen-bond acceptors (Lipinski definition) is 2. The van der Waals surface area contributed by atoms with E-state index in [9.17, 15) is 0 Å². The van der Waals surface area contributed by atoms with Crippen LogP contribution in [0.3, 0.4) is 0 Å². The smallest absolute Gasteiger partial charge is 0.132 e. The van der Waals surface area contributed by atoms with Crippen molar-refractivity contribution in [2.24, 2.45) is 0 Å². The molecule has 60 heavy (non-hydrogen) atoms. The van der Waals surface area contributed by atoms with E-state index < -0.39 is 5.41 Å². The summed E-state index contributed by atoms with van der Waals surface area (Å²) in [4.78, 5) is 2.44. The maximum atomic E-state index is 6.56. The van der Waals surface area contributed by atoms with Gasteiger partial charge < -0.3 is 9.64 Å². The van der Waals surface area contributed by atoms with Crippen molar-refractivity contribution < 1.29 is 4.74 Å². The molecule has 1 heterocycles. The molecule has 0 aromatic heterocycles. The molecule has 0 atom stereocenters. The summed E-state index contributed by atoms with van der Waals surface area (Å²) < 4.78 is 6.56. The van der Waals surface area contributed by atoms with Crippen LogP contribution in [0.1, 0.15) is 47.2 Å². The zero-order valence-corrected chi connectivity index (χ0v) is 33.6. The zero-order chi connectivity index (χ0) is 40.0. The SMILES string of the molecule is CC1(C)c2ccccc2-c2ccc(N(c3ccc(-c4ccc5c(c4)-c4ccccc4C54c5ccccc5Oc5ccccc54)cc3)c3ccccc3-c3ccccc3)cc21. The predicted molar refractivity (Wildman–Crippen MR) is 247 cm³/mol. The molecule has 1 aliphatic heterocycles. The fraction of sp³-hybridized carbons (Fsp3) is 0.0690. The van der Waals surface area contributed by atoms with Crippen molar-refractivity contribution in [1.29, 1.82) is 0 Å². The van der Waals surface area contributed by atoms with Crippen LogP contribution < -0.4 is 9.64 Å². The van der Waals surface area contributed by atoms with Gasteiger partial charge in [0.05, 0.1) is 11.1 Å². The minimum atomic E-state index is -0.474. The standard InChI is InChI=1S/C58H41NO/c1-57(2)48-21-9-6-19-44(48)46-34-33-42(37-53(46)57)59(54-25-13-8-18-43(54)39-16-4-3-5-17-39)41-31-28-38(29-32-41)40-30-35-50-47(36-40)45-20-7-10-22-49(45)58(50)51-23-11-14-26-55(51)60-56-27-15-12-24-52(56)58/h3-37H,1-2H3. The third-order valence-corrected chi connectivity index (χ3v) is 13.4. The summed E-state index contributed by atoms with van der Waals surface area (Å²) in [5.74, 6) is 1.82. The summed E-state index contributed by atoms with van der Waals surface area (Å²) in [5, 5.41) is 0. The highest BCUT2D eigenvalue weighted by Crippen LogP contribution is 2.62. The zero-order valence-electron chi connectivity index (χ0n) is 33.6. The highest BCUT2D eigenvalue weighted by Gasteiger charge is 2.51. The van der Waals surface area contributed by atoms with Gasteiger partial charge >= 0.3 is 0 Å². The van der Waals surface area contributed by atoms with Crippen molar-refractivity contribution in [3.8, 4) is 56.0 Å². The number of nitrogens with zero attached hydrogens (tertiary/aromatic N) is 1. The van der Waals surface area contributed by atoms with Crippen molar-refractivity contribution in [1.82, 2.24) is 0 Å². The largest absolute Gasteiger partial charge is 0.457 e. The lowest BCUT2D eigenvalue weighted by Gasteiger charge is -2.39. The third kappa shape index (κ3) is 4.88. The molecule has 9 aromatic rings. The Hall–Kier alpha value is -7.42. The molecule has 0 saturated heterocycles. The van der Waals surface area contributed by atoms with Gasteiger partial charge in [-0.1, -0.05) is 178 Å². The Balaban J connectivity index is 0.997. The fourth-order valence-electron chi connectivity index (χ4n) is 10.6. The number of para-hydroxylation sites is 3. The fourth-order valence-corrected chi connectivity index (χ4v) is 10.6. The molecular formula is C58H41NO. The van der Waals surface area contributed by atoms with E-state index >= 15 is 0 Å². The van der Waals surface area contributed by atoms with Gasteiger partial charge in [0, 0.05) is 33.5 Å². The minimum absolute atomic E-state index is 0.115. The summed E-state index contributed by atoms with van der Waals surface area (Å²) in [7, 11) is 0. The molecule has 3 aliphatic rings. The number of anilines is 3. The molecule has 9 aromatic carbocycles. The van der Waals surface area contributed by atoms with Gasteiger partial charge in [-0.3, -0.25) is 0 Å². The Bertz CT molecular complexity index is 3110. The van der Waals surface area contributed by atoms with Gasteiger partial charge in [-0.15, -0.1) is 0 Å².